The van der Waals surface area contributed by atoms with Crippen LogP contribution in [0.1, 0.15) is 23.6 Å². The minimum absolute atomic E-state index is 0.122. The highest BCUT2D eigenvalue weighted by Gasteiger charge is 2.17. The average molecular weight is 360 g/mol. The smallest absolute Gasteiger partial charge is 0.240 e. The quantitative estimate of drug-likeness (QED) is 0.861. The molecule has 0 radical (unpaired) electrons. The number of benzene rings is 2. The Morgan fingerprint density at radius 1 is 1.00 bits per heavy atom. The van der Waals surface area contributed by atoms with Gasteiger partial charge in [0.05, 0.1) is 4.90 Å². The van der Waals surface area contributed by atoms with Gasteiger partial charge in [0.2, 0.25) is 15.9 Å². The van der Waals surface area contributed by atoms with E-state index in [2.05, 4.69) is 4.72 Å². The van der Waals surface area contributed by atoms with Crippen molar-refractivity contribution in [2.24, 2.45) is 0 Å². The number of anilines is 1. The van der Waals surface area contributed by atoms with Crippen LogP contribution in [0.4, 0.5) is 5.69 Å². The second-order valence-corrected chi connectivity index (χ2v) is 7.94. The van der Waals surface area contributed by atoms with Crippen LogP contribution in [0.25, 0.3) is 0 Å². The van der Waals surface area contributed by atoms with E-state index in [9.17, 15) is 13.2 Å². The van der Waals surface area contributed by atoms with E-state index >= 15 is 0 Å². The first-order valence-electron chi connectivity index (χ1n) is 8.12. The minimum atomic E-state index is -3.59. The second-order valence-electron chi connectivity index (χ2n) is 6.17. The van der Waals surface area contributed by atoms with Crippen LogP contribution in [0.5, 0.6) is 0 Å². The van der Waals surface area contributed by atoms with Crippen LogP contribution in [0.3, 0.4) is 0 Å². The van der Waals surface area contributed by atoms with E-state index in [-0.39, 0.29) is 23.9 Å². The summed E-state index contributed by atoms with van der Waals surface area (Å²) in [5.41, 5.74) is 3.83. The van der Waals surface area contributed by atoms with E-state index in [0.29, 0.717) is 0 Å². The second kappa shape index (κ2) is 7.80. The van der Waals surface area contributed by atoms with Crippen molar-refractivity contribution < 1.29 is 13.2 Å². The highest BCUT2D eigenvalue weighted by atomic mass is 32.2. The van der Waals surface area contributed by atoms with Gasteiger partial charge in [0.15, 0.2) is 0 Å². The Labute approximate surface area is 149 Å². The van der Waals surface area contributed by atoms with E-state index in [0.717, 1.165) is 22.4 Å². The third-order valence-corrected chi connectivity index (χ3v) is 5.47. The molecule has 0 atom stereocenters. The third-order valence-electron chi connectivity index (χ3n) is 3.99. The van der Waals surface area contributed by atoms with Gasteiger partial charge in [0.1, 0.15) is 0 Å². The summed E-state index contributed by atoms with van der Waals surface area (Å²) in [6.45, 7) is 7.69. The molecule has 0 fully saturated rings. The van der Waals surface area contributed by atoms with E-state index < -0.39 is 10.0 Å². The molecule has 6 heteroatoms. The molecule has 134 valence electrons. The fourth-order valence-corrected chi connectivity index (χ4v) is 3.57. The lowest BCUT2D eigenvalue weighted by atomic mass is 10.1. The molecule has 1 amide bonds. The first kappa shape index (κ1) is 19.1. The standard InChI is InChI=1S/C19H24N2O3S/c1-14-6-9-18(10-7-14)25(23,24)20-11-12-21(17(4)22)19-13-15(2)5-8-16(19)3/h5-10,13,20H,11-12H2,1-4H3. The number of aryl methyl sites for hydroxylation is 3. The summed E-state index contributed by atoms with van der Waals surface area (Å²) in [4.78, 5) is 13.8. The normalized spacial score (nSPS) is 11.4. The van der Waals surface area contributed by atoms with Crippen molar-refractivity contribution in [2.75, 3.05) is 18.0 Å². The van der Waals surface area contributed by atoms with Gasteiger partial charge in [-0.2, -0.15) is 0 Å². The number of amides is 1. The molecule has 25 heavy (non-hydrogen) atoms. The number of carbonyl (C=O) groups is 1. The van der Waals surface area contributed by atoms with Gasteiger partial charge in [-0.1, -0.05) is 29.8 Å². The molecule has 1 N–H and O–H groups in total. The zero-order valence-corrected chi connectivity index (χ0v) is 15.9. The largest absolute Gasteiger partial charge is 0.311 e. The zero-order valence-electron chi connectivity index (χ0n) is 15.0. The van der Waals surface area contributed by atoms with Gasteiger partial charge in [-0.3, -0.25) is 4.79 Å². The summed E-state index contributed by atoms with van der Waals surface area (Å²) in [6.07, 6.45) is 0. The average Bonchev–Trinajstić information content (AvgIpc) is 2.54. The highest BCUT2D eigenvalue weighted by Crippen LogP contribution is 2.21. The predicted molar refractivity (Wildman–Crippen MR) is 100 cm³/mol. The van der Waals surface area contributed by atoms with Crippen LogP contribution in [0, 0.1) is 20.8 Å². The van der Waals surface area contributed by atoms with Gasteiger partial charge in [-0.05, 0) is 50.1 Å². The highest BCUT2D eigenvalue weighted by molar-refractivity contribution is 7.89. The lowest BCUT2D eigenvalue weighted by molar-refractivity contribution is -0.116. The van der Waals surface area contributed by atoms with Gasteiger partial charge in [-0.15, -0.1) is 0 Å². The third kappa shape index (κ3) is 4.90. The van der Waals surface area contributed by atoms with Crippen molar-refractivity contribution in [1.29, 1.82) is 0 Å². The molecule has 5 nitrogen and oxygen atoms in total. The Balaban J connectivity index is 2.10. The van der Waals surface area contributed by atoms with E-state index in [4.69, 9.17) is 0 Å². The molecule has 0 saturated heterocycles. The molecule has 2 rings (SSSR count). The number of rotatable bonds is 6. The van der Waals surface area contributed by atoms with Crippen LogP contribution in [-0.2, 0) is 14.8 Å². The van der Waals surface area contributed by atoms with E-state index in [1.165, 1.54) is 6.92 Å². The van der Waals surface area contributed by atoms with Crippen molar-refractivity contribution in [2.45, 2.75) is 32.6 Å². The Morgan fingerprint density at radius 2 is 1.60 bits per heavy atom. The van der Waals surface area contributed by atoms with E-state index in [1.807, 2.05) is 39.0 Å². The minimum Gasteiger partial charge on any atom is -0.311 e. The maximum absolute atomic E-state index is 12.3. The molecule has 0 unspecified atom stereocenters. The van der Waals surface area contributed by atoms with Crippen molar-refractivity contribution in [1.82, 2.24) is 4.72 Å². The Morgan fingerprint density at radius 3 is 2.20 bits per heavy atom. The first-order chi connectivity index (χ1) is 11.7. The summed E-state index contributed by atoms with van der Waals surface area (Å²) in [5.74, 6) is -0.122. The van der Waals surface area contributed by atoms with Gasteiger partial charge < -0.3 is 4.90 Å². The molecular formula is C19H24N2O3S. The summed E-state index contributed by atoms with van der Waals surface area (Å²) in [6, 6.07) is 12.5. The lowest BCUT2D eigenvalue weighted by Crippen LogP contribution is -2.38. The molecule has 0 aromatic heterocycles. The predicted octanol–water partition coefficient (Wildman–Crippen LogP) is 2.94. The lowest BCUT2D eigenvalue weighted by Gasteiger charge is -2.23. The fraction of sp³-hybridized carbons (Fsp3) is 0.316. The molecule has 0 aliphatic heterocycles. The Bertz CT molecular complexity index is 859. The summed E-state index contributed by atoms with van der Waals surface area (Å²) in [5, 5.41) is 0. The SMILES string of the molecule is CC(=O)N(CCNS(=O)(=O)c1ccc(C)cc1)c1cc(C)ccc1C. The Hall–Kier alpha value is -2.18. The summed E-state index contributed by atoms with van der Waals surface area (Å²) < 4.78 is 27.2. The molecule has 0 heterocycles. The van der Waals surface area contributed by atoms with Crippen molar-refractivity contribution in [3.63, 3.8) is 0 Å². The topological polar surface area (TPSA) is 66.5 Å². The van der Waals surface area contributed by atoms with Crippen molar-refractivity contribution in [3.8, 4) is 0 Å². The van der Waals surface area contributed by atoms with Crippen LogP contribution in [0.15, 0.2) is 47.4 Å². The van der Waals surface area contributed by atoms with Crippen molar-refractivity contribution >= 4 is 21.6 Å². The molecule has 2 aromatic carbocycles. The van der Waals surface area contributed by atoms with Crippen LogP contribution in [0.2, 0.25) is 0 Å². The van der Waals surface area contributed by atoms with E-state index in [1.54, 1.807) is 29.2 Å². The van der Waals surface area contributed by atoms with Crippen LogP contribution >= 0.6 is 0 Å². The molecular weight excluding hydrogens is 336 g/mol. The maximum atomic E-state index is 12.3. The van der Waals surface area contributed by atoms with Crippen LogP contribution in [-0.4, -0.2) is 27.4 Å². The van der Waals surface area contributed by atoms with Crippen LogP contribution < -0.4 is 9.62 Å². The number of nitrogens with one attached hydrogen (secondary N) is 1. The van der Waals surface area contributed by atoms with Gasteiger partial charge >= 0.3 is 0 Å². The summed E-state index contributed by atoms with van der Waals surface area (Å²) >= 11 is 0. The van der Waals surface area contributed by atoms with Gasteiger partial charge in [0, 0.05) is 25.7 Å². The number of hydrogen-bond donors (Lipinski definition) is 1. The first-order valence-corrected chi connectivity index (χ1v) is 9.61. The maximum Gasteiger partial charge on any atom is 0.240 e. The molecule has 0 aliphatic carbocycles. The number of nitrogens with zero attached hydrogens (tertiary/aromatic N) is 1. The summed E-state index contributed by atoms with van der Waals surface area (Å²) in [7, 11) is -3.59. The monoisotopic (exact) mass is 360 g/mol. The van der Waals surface area contributed by atoms with Gasteiger partial charge in [-0.25, -0.2) is 13.1 Å². The number of carbonyl (C=O) groups excluding carboxylic acids is 1. The number of sulfonamides is 1. The molecule has 2 aromatic rings. The molecule has 0 saturated carbocycles. The number of hydrogen-bond acceptors (Lipinski definition) is 3. The molecule has 0 aliphatic rings. The zero-order chi connectivity index (χ0) is 18.6. The molecule has 0 bridgehead atoms. The Kier molecular flexibility index (Phi) is 5.98. The van der Waals surface area contributed by atoms with Crippen molar-refractivity contribution in [3.05, 3.63) is 59.2 Å². The fourth-order valence-electron chi connectivity index (χ4n) is 2.55. The van der Waals surface area contributed by atoms with Gasteiger partial charge in [0.25, 0.3) is 0 Å². The molecule has 0 spiro atoms.